The van der Waals surface area contributed by atoms with Crippen molar-refractivity contribution in [1.82, 2.24) is 15.8 Å². The lowest BCUT2D eigenvalue weighted by Gasteiger charge is -2.25. The first-order valence-corrected chi connectivity index (χ1v) is 8.71. The highest BCUT2D eigenvalue weighted by atomic mass is 19.1. The number of nitrogens with two attached hydrogens (primary N) is 2. The number of nitrogens with one attached hydrogen (secondary N) is 2. The highest BCUT2D eigenvalue weighted by Gasteiger charge is 2.33. The molecule has 4 rings (SSSR count). The number of aryl methyl sites for hydroxylation is 2. The number of aliphatic imine (C=N–C) groups is 1. The van der Waals surface area contributed by atoms with Gasteiger partial charge in [0, 0.05) is 24.7 Å². The van der Waals surface area contributed by atoms with E-state index in [4.69, 9.17) is 11.5 Å². The van der Waals surface area contributed by atoms with Crippen LogP contribution in [0.5, 0.6) is 0 Å². The van der Waals surface area contributed by atoms with Crippen LogP contribution in [0, 0.1) is 0 Å². The summed E-state index contributed by atoms with van der Waals surface area (Å²) in [7, 11) is 0. The summed E-state index contributed by atoms with van der Waals surface area (Å²) in [6.07, 6.45) is 4.21. The maximum Gasteiger partial charge on any atom is 0.209 e. The van der Waals surface area contributed by atoms with E-state index in [-0.39, 0.29) is 0 Å². The van der Waals surface area contributed by atoms with E-state index in [1.807, 2.05) is 6.07 Å². The standard InChI is InChI=1S/C17H25FN6/c18-14-7-8-24(10-14)15-5-2-11-1-4-13(9-12(11)3-6-15)17(20)21-16(19)22-23-17/h1,4,9,14-15,23H,2-3,5-8,10,20H2,(H3,19,21,22)/t14-,15?,17?/m1/s1. The third-order valence-corrected chi connectivity index (χ3v) is 5.50. The minimum Gasteiger partial charge on any atom is -0.369 e. The molecule has 3 atom stereocenters. The molecule has 1 saturated heterocycles. The van der Waals surface area contributed by atoms with Gasteiger partial charge in [0.05, 0.1) is 0 Å². The van der Waals surface area contributed by atoms with Crippen molar-refractivity contribution in [3.63, 3.8) is 0 Å². The highest BCUT2D eigenvalue weighted by Crippen LogP contribution is 2.29. The second kappa shape index (κ2) is 5.98. The number of likely N-dealkylation sites (tertiary alicyclic amines) is 1. The zero-order valence-electron chi connectivity index (χ0n) is 13.8. The quantitative estimate of drug-likeness (QED) is 0.591. The SMILES string of the molecule is NC1=NC(N)(c2ccc3c(c2)CCC(N2CC[C@@H](F)C2)CC3)NN1. The van der Waals surface area contributed by atoms with Gasteiger partial charge >= 0.3 is 0 Å². The molecule has 24 heavy (non-hydrogen) atoms. The normalized spacial score (nSPS) is 33.7. The van der Waals surface area contributed by atoms with Crippen molar-refractivity contribution >= 4 is 5.96 Å². The van der Waals surface area contributed by atoms with E-state index in [2.05, 4.69) is 32.9 Å². The maximum atomic E-state index is 13.5. The molecule has 0 spiro atoms. The average molecular weight is 332 g/mol. The van der Waals surface area contributed by atoms with Crippen molar-refractivity contribution in [1.29, 1.82) is 0 Å². The molecule has 2 heterocycles. The molecule has 6 nitrogen and oxygen atoms in total. The van der Waals surface area contributed by atoms with E-state index in [1.54, 1.807) is 0 Å². The third kappa shape index (κ3) is 2.87. The first-order valence-electron chi connectivity index (χ1n) is 8.71. The Hall–Kier alpha value is -1.70. The molecule has 130 valence electrons. The van der Waals surface area contributed by atoms with E-state index in [0.29, 0.717) is 25.0 Å². The zero-order chi connectivity index (χ0) is 16.7. The third-order valence-electron chi connectivity index (χ3n) is 5.50. The molecule has 0 amide bonds. The number of hydrogen-bond donors (Lipinski definition) is 4. The Labute approximate surface area is 141 Å². The molecule has 7 heteroatoms. The van der Waals surface area contributed by atoms with Crippen molar-refractivity contribution in [2.75, 3.05) is 13.1 Å². The summed E-state index contributed by atoms with van der Waals surface area (Å²) in [5.74, 6) is -0.719. The topological polar surface area (TPSA) is 91.7 Å². The van der Waals surface area contributed by atoms with Gasteiger partial charge in [-0.2, -0.15) is 5.43 Å². The van der Waals surface area contributed by atoms with Crippen LogP contribution < -0.4 is 22.3 Å². The lowest BCUT2D eigenvalue weighted by atomic mass is 9.97. The molecular weight excluding hydrogens is 307 g/mol. The van der Waals surface area contributed by atoms with Gasteiger partial charge in [-0.1, -0.05) is 18.2 Å². The number of hydrogen-bond acceptors (Lipinski definition) is 6. The van der Waals surface area contributed by atoms with Gasteiger partial charge in [0.2, 0.25) is 11.7 Å². The largest absolute Gasteiger partial charge is 0.369 e. The zero-order valence-corrected chi connectivity index (χ0v) is 13.8. The minimum atomic E-state index is -1.01. The van der Waals surface area contributed by atoms with E-state index >= 15 is 0 Å². The molecule has 0 saturated carbocycles. The van der Waals surface area contributed by atoms with Crippen molar-refractivity contribution < 1.29 is 4.39 Å². The van der Waals surface area contributed by atoms with Crippen LogP contribution in [0.1, 0.15) is 36.0 Å². The Kier molecular flexibility index (Phi) is 3.94. The fourth-order valence-corrected chi connectivity index (χ4v) is 4.11. The highest BCUT2D eigenvalue weighted by molar-refractivity contribution is 5.79. The molecule has 0 radical (unpaired) electrons. The smallest absolute Gasteiger partial charge is 0.209 e. The predicted octanol–water partition coefficient (Wildman–Crippen LogP) is 0.469. The fraction of sp³-hybridized carbons (Fsp3) is 0.588. The van der Waals surface area contributed by atoms with Gasteiger partial charge in [-0.3, -0.25) is 16.1 Å². The molecule has 6 N–H and O–H groups in total. The van der Waals surface area contributed by atoms with Gasteiger partial charge in [-0.25, -0.2) is 9.38 Å². The van der Waals surface area contributed by atoms with Gasteiger partial charge in [0.25, 0.3) is 0 Å². The average Bonchev–Trinajstić information content (AvgIpc) is 3.07. The van der Waals surface area contributed by atoms with Gasteiger partial charge in [0.15, 0.2) is 0 Å². The number of benzene rings is 1. The monoisotopic (exact) mass is 332 g/mol. The van der Waals surface area contributed by atoms with Crippen LogP contribution in [-0.2, 0) is 18.6 Å². The fourth-order valence-electron chi connectivity index (χ4n) is 4.11. The van der Waals surface area contributed by atoms with Crippen LogP contribution in [0.2, 0.25) is 0 Å². The van der Waals surface area contributed by atoms with Crippen molar-refractivity contribution in [3.8, 4) is 0 Å². The Morgan fingerprint density at radius 1 is 1.21 bits per heavy atom. The van der Waals surface area contributed by atoms with Gasteiger partial charge in [-0.15, -0.1) is 0 Å². The van der Waals surface area contributed by atoms with Gasteiger partial charge < -0.3 is 5.73 Å². The predicted molar refractivity (Wildman–Crippen MR) is 91.7 cm³/mol. The summed E-state index contributed by atoms with van der Waals surface area (Å²) >= 11 is 0. The van der Waals surface area contributed by atoms with E-state index in [1.165, 1.54) is 11.1 Å². The van der Waals surface area contributed by atoms with Gasteiger partial charge in [-0.05, 0) is 43.2 Å². The number of rotatable bonds is 2. The van der Waals surface area contributed by atoms with Gasteiger partial charge in [0.1, 0.15) is 6.17 Å². The first kappa shape index (κ1) is 15.8. The molecule has 0 bridgehead atoms. The molecular formula is C17H25FN6. The van der Waals surface area contributed by atoms with E-state index in [0.717, 1.165) is 37.8 Å². The van der Waals surface area contributed by atoms with Crippen LogP contribution >= 0.6 is 0 Å². The lowest BCUT2D eigenvalue weighted by molar-refractivity contribution is 0.204. The van der Waals surface area contributed by atoms with Crippen LogP contribution in [0.3, 0.4) is 0 Å². The Morgan fingerprint density at radius 3 is 2.67 bits per heavy atom. The summed E-state index contributed by atoms with van der Waals surface area (Å²) in [4.78, 5) is 6.58. The van der Waals surface area contributed by atoms with Crippen LogP contribution in [0.25, 0.3) is 0 Å². The van der Waals surface area contributed by atoms with Crippen LogP contribution in [0.4, 0.5) is 4.39 Å². The number of halogens is 1. The molecule has 1 fully saturated rings. The summed E-state index contributed by atoms with van der Waals surface area (Å²) in [6, 6.07) is 6.78. The van der Waals surface area contributed by atoms with Crippen LogP contribution in [0.15, 0.2) is 23.2 Å². The Bertz CT molecular complexity index is 662. The van der Waals surface area contributed by atoms with E-state index in [9.17, 15) is 4.39 Å². The van der Waals surface area contributed by atoms with Crippen molar-refractivity contribution in [3.05, 3.63) is 34.9 Å². The Morgan fingerprint density at radius 2 is 2.00 bits per heavy atom. The number of fused-ring (bicyclic) bond motifs is 1. The molecule has 1 aliphatic carbocycles. The molecule has 3 aliphatic rings. The van der Waals surface area contributed by atoms with Crippen LogP contribution in [-0.4, -0.2) is 36.2 Å². The number of nitrogens with zero attached hydrogens (tertiary/aromatic N) is 2. The van der Waals surface area contributed by atoms with E-state index < -0.39 is 12.0 Å². The summed E-state index contributed by atoms with van der Waals surface area (Å²) in [5.41, 5.74) is 21.2. The molecule has 0 aromatic heterocycles. The molecule has 2 unspecified atom stereocenters. The molecule has 1 aromatic rings. The lowest BCUT2D eigenvalue weighted by Crippen LogP contribution is -2.50. The second-order valence-electron chi connectivity index (χ2n) is 7.11. The molecule has 1 aromatic carbocycles. The van der Waals surface area contributed by atoms with Crippen molar-refractivity contribution in [2.45, 2.75) is 50.1 Å². The minimum absolute atomic E-state index is 0.294. The van der Waals surface area contributed by atoms with Crippen molar-refractivity contribution in [2.24, 2.45) is 16.5 Å². The number of hydrazine groups is 1. The Balaban J connectivity index is 1.52. The second-order valence-corrected chi connectivity index (χ2v) is 7.11. The summed E-state index contributed by atoms with van der Waals surface area (Å²) < 4.78 is 13.5. The summed E-state index contributed by atoms with van der Waals surface area (Å²) in [5, 5.41) is 0. The summed E-state index contributed by atoms with van der Waals surface area (Å²) in [6.45, 7) is 1.49. The number of guanidine groups is 1. The first-order chi connectivity index (χ1) is 11.5. The number of alkyl halides is 1. The maximum absolute atomic E-state index is 13.5. The molecule has 2 aliphatic heterocycles.